The summed E-state index contributed by atoms with van der Waals surface area (Å²) in [5, 5.41) is 24.9. The van der Waals surface area contributed by atoms with E-state index in [0.717, 1.165) is 0 Å². The molecule has 1 amide bonds. The van der Waals surface area contributed by atoms with Crippen molar-refractivity contribution in [1.82, 2.24) is 20.3 Å². The van der Waals surface area contributed by atoms with Gasteiger partial charge in [-0.2, -0.15) is 5.26 Å². The van der Waals surface area contributed by atoms with Gasteiger partial charge < -0.3 is 21.5 Å². The van der Waals surface area contributed by atoms with Crippen LogP contribution in [0.3, 0.4) is 0 Å². The highest BCUT2D eigenvalue weighted by Crippen LogP contribution is 2.26. The van der Waals surface area contributed by atoms with Gasteiger partial charge in [0.2, 0.25) is 0 Å². The number of nitrogens with zero attached hydrogens (tertiary/aromatic N) is 4. The van der Waals surface area contributed by atoms with Crippen LogP contribution in [-0.2, 0) is 0 Å². The normalized spacial score (nSPS) is 12.8. The zero-order valence-corrected chi connectivity index (χ0v) is 16.3. The standard InChI is InChI=1S/C20H20FN7O2/c1-10(29)8-24-20(30)14-6-12-5-13(21)3-4-16(12)28-17(14)11(2)27-19-15(7-22)18(23)25-9-26-19/h3-6,9-11,29H,8H2,1-2H3,(H,24,30)(H3,23,25,26,27). The molecule has 2 atom stereocenters. The van der Waals surface area contributed by atoms with Crippen LogP contribution in [0.1, 0.15) is 41.5 Å². The smallest absolute Gasteiger partial charge is 0.253 e. The molecule has 10 heteroatoms. The first-order valence-corrected chi connectivity index (χ1v) is 9.13. The SMILES string of the molecule is CC(O)CNC(=O)c1cc2cc(F)ccc2nc1C(C)Nc1ncnc(N)c1C#N. The summed E-state index contributed by atoms with van der Waals surface area (Å²) in [4.78, 5) is 25.1. The highest BCUT2D eigenvalue weighted by atomic mass is 19.1. The summed E-state index contributed by atoms with van der Waals surface area (Å²) in [6.07, 6.45) is 0.485. The molecule has 1 aromatic carbocycles. The average molecular weight is 409 g/mol. The Morgan fingerprint density at radius 2 is 2.10 bits per heavy atom. The predicted molar refractivity (Wildman–Crippen MR) is 109 cm³/mol. The average Bonchev–Trinajstić information content (AvgIpc) is 2.71. The monoisotopic (exact) mass is 409 g/mol. The van der Waals surface area contributed by atoms with E-state index in [-0.39, 0.29) is 29.3 Å². The van der Waals surface area contributed by atoms with Crippen LogP contribution >= 0.6 is 0 Å². The van der Waals surface area contributed by atoms with E-state index in [1.807, 2.05) is 6.07 Å². The lowest BCUT2D eigenvalue weighted by atomic mass is 10.0. The minimum absolute atomic E-state index is 0.0269. The maximum Gasteiger partial charge on any atom is 0.253 e. The topological polar surface area (TPSA) is 150 Å². The van der Waals surface area contributed by atoms with Crippen LogP contribution in [0.25, 0.3) is 10.9 Å². The zero-order valence-electron chi connectivity index (χ0n) is 16.3. The van der Waals surface area contributed by atoms with Crippen molar-refractivity contribution in [2.24, 2.45) is 0 Å². The molecule has 154 valence electrons. The lowest BCUT2D eigenvalue weighted by Gasteiger charge is -2.19. The molecule has 2 unspecified atom stereocenters. The number of nitriles is 1. The number of fused-ring (bicyclic) bond motifs is 1. The summed E-state index contributed by atoms with van der Waals surface area (Å²) in [5.74, 6) is -0.692. The number of halogens is 1. The second-order valence-electron chi connectivity index (χ2n) is 6.78. The minimum Gasteiger partial charge on any atom is -0.392 e. The number of aromatic nitrogens is 3. The summed E-state index contributed by atoms with van der Waals surface area (Å²) >= 11 is 0. The molecule has 0 radical (unpaired) electrons. The Morgan fingerprint density at radius 3 is 2.80 bits per heavy atom. The van der Waals surface area contributed by atoms with Crippen LogP contribution in [0.4, 0.5) is 16.0 Å². The number of hydrogen-bond acceptors (Lipinski definition) is 8. The van der Waals surface area contributed by atoms with Gasteiger partial charge in [-0.1, -0.05) is 0 Å². The lowest BCUT2D eigenvalue weighted by molar-refractivity contribution is 0.0922. The molecule has 9 nitrogen and oxygen atoms in total. The molecule has 0 aliphatic carbocycles. The van der Waals surface area contributed by atoms with Crippen molar-refractivity contribution in [3.63, 3.8) is 0 Å². The number of aliphatic hydroxyl groups excluding tert-OH is 1. The third-order valence-electron chi connectivity index (χ3n) is 4.36. The Morgan fingerprint density at radius 1 is 1.33 bits per heavy atom. The molecule has 3 rings (SSSR count). The molecule has 0 saturated heterocycles. The van der Waals surface area contributed by atoms with Crippen LogP contribution in [0, 0.1) is 17.1 Å². The maximum atomic E-state index is 13.7. The van der Waals surface area contributed by atoms with Crippen LogP contribution < -0.4 is 16.4 Å². The summed E-state index contributed by atoms with van der Waals surface area (Å²) in [5.41, 5.74) is 6.86. The molecule has 0 fully saturated rings. The quantitative estimate of drug-likeness (QED) is 0.482. The zero-order chi connectivity index (χ0) is 21.8. The van der Waals surface area contributed by atoms with E-state index in [9.17, 15) is 19.6 Å². The number of hydrogen-bond donors (Lipinski definition) is 4. The fourth-order valence-electron chi connectivity index (χ4n) is 2.90. The van der Waals surface area contributed by atoms with E-state index in [0.29, 0.717) is 16.6 Å². The third kappa shape index (κ3) is 4.42. The fraction of sp³-hybridized carbons (Fsp3) is 0.250. The summed E-state index contributed by atoms with van der Waals surface area (Å²) in [7, 11) is 0. The second kappa shape index (κ2) is 8.67. The number of nitrogens with one attached hydrogen (secondary N) is 2. The number of carbonyl (C=O) groups excluding carboxylic acids is 1. The molecular formula is C20H20FN7O2. The summed E-state index contributed by atoms with van der Waals surface area (Å²) in [6.45, 7) is 3.33. The van der Waals surface area contributed by atoms with Crippen molar-refractivity contribution in [3.8, 4) is 6.07 Å². The predicted octanol–water partition coefficient (Wildman–Crippen LogP) is 1.90. The van der Waals surface area contributed by atoms with Gasteiger partial charge in [0, 0.05) is 11.9 Å². The maximum absolute atomic E-state index is 13.7. The van der Waals surface area contributed by atoms with Crippen LogP contribution in [0.2, 0.25) is 0 Å². The van der Waals surface area contributed by atoms with E-state index in [1.165, 1.54) is 30.6 Å². The van der Waals surface area contributed by atoms with Gasteiger partial charge in [-0.05, 0) is 38.1 Å². The number of anilines is 2. The van der Waals surface area contributed by atoms with E-state index >= 15 is 0 Å². The van der Waals surface area contributed by atoms with Crippen molar-refractivity contribution in [3.05, 3.63) is 53.2 Å². The molecule has 0 aliphatic rings. The number of benzene rings is 1. The van der Waals surface area contributed by atoms with Crippen LogP contribution in [-0.4, -0.2) is 38.6 Å². The van der Waals surface area contributed by atoms with E-state index in [2.05, 4.69) is 25.6 Å². The van der Waals surface area contributed by atoms with Crippen molar-refractivity contribution >= 4 is 28.4 Å². The van der Waals surface area contributed by atoms with Gasteiger partial charge in [-0.15, -0.1) is 0 Å². The highest BCUT2D eigenvalue weighted by Gasteiger charge is 2.21. The van der Waals surface area contributed by atoms with E-state index < -0.39 is 23.9 Å². The number of amides is 1. The Balaban J connectivity index is 2.05. The molecule has 5 N–H and O–H groups in total. The second-order valence-corrected chi connectivity index (χ2v) is 6.78. The molecule has 2 aromatic heterocycles. The molecule has 30 heavy (non-hydrogen) atoms. The molecule has 0 aliphatic heterocycles. The summed E-state index contributed by atoms with van der Waals surface area (Å²) < 4.78 is 13.7. The molecule has 0 saturated carbocycles. The Labute approximate surface area is 171 Å². The van der Waals surface area contributed by atoms with Crippen LogP contribution in [0.15, 0.2) is 30.6 Å². The molecule has 0 spiro atoms. The van der Waals surface area contributed by atoms with Crippen molar-refractivity contribution in [1.29, 1.82) is 5.26 Å². The van der Waals surface area contributed by atoms with Gasteiger partial charge in [0.25, 0.3) is 5.91 Å². The number of pyridine rings is 1. The first kappa shape index (κ1) is 20.9. The van der Waals surface area contributed by atoms with Gasteiger partial charge in [0.1, 0.15) is 35.4 Å². The molecule has 0 bridgehead atoms. The molecular weight excluding hydrogens is 389 g/mol. The van der Waals surface area contributed by atoms with Crippen molar-refractivity contribution < 1.29 is 14.3 Å². The van der Waals surface area contributed by atoms with Gasteiger partial charge in [-0.3, -0.25) is 4.79 Å². The van der Waals surface area contributed by atoms with Gasteiger partial charge in [0.05, 0.1) is 28.9 Å². The van der Waals surface area contributed by atoms with E-state index in [4.69, 9.17) is 5.73 Å². The van der Waals surface area contributed by atoms with Crippen molar-refractivity contribution in [2.45, 2.75) is 26.0 Å². The number of carbonyl (C=O) groups is 1. The number of rotatable bonds is 6. The van der Waals surface area contributed by atoms with Crippen molar-refractivity contribution in [2.75, 3.05) is 17.6 Å². The van der Waals surface area contributed by atoms with Gasteiger partial charge >= 0.3 is 0 Å². The van der Waals surface area contributed by atoms with E-state index in [1.54, 1.807) is 13.8 Å². The molecule has 2 heterocycles. The summed E-state index contributed by atoms with van der Waals surface area (Å²) in [6, 6.07) is 7.00. The fourth-order valence-corrected chi connectivity index (χ4v) is 2.90. The Hall–Kier alpha value is -3.84. The largest absolute Gasteiger partial charge is 0.392 e. The minimum atomic E-state index is -0.735. The number of aliphatic hydroxyl groups is 1. The van der Waals surface area contributed by atoms with Gasteiger partial charge in [0.15, 0.2) is 0 Å². The lowest BCUT2D eigenvalue weighted by Crippen LogP contribution is -2.32. The Kier molecular flexibility index (Phi) is 6.03. The number of nitrogens with two attached hydrogens (primary N) is 1. The first-order valence-electron chi connectivity index (χ1n) is 9.13. The van der Waals surface area contributed by atoms with Gasteiger partial charge in [-0.25, -0.2) is 19.3 Å². The first-order chi connectivity index (χ1) is 14.3. The highest BCUT2D eigenvalue weighted by molar-refractivity contribution is 5.99. The van der Waals surface area contributed by atoms with Crippen LogP contribution in [0.5, 0.6) is 0 Å². The Bertz CT molecular complexity index is 1140. The number of nitrogen functional groups attached to an aromatic ring is 1. The third-order valence-corrected chi connectivity index (χ3v) is 4.36. The molecule has 3 aromatic rings.